The molecule has 0 bridgehead atoms. The summed E-state index contributed by atoms with van der Waals surface area (Å²) in [5.74, 6) is -0.331. The molecule has 3 nitrogen and oxygen atoms in total. The molecule has 2 unspecified atom stereocenters. The Hall–Kier alpha value is -1.60. The summed E-state index contributed by atoms with van der Waals surface area (Å²) in [7, 11) is 1.81. The van der Waals surface area contributed by atoms with Gasteiger partial charge >= 0.3 is 0 Å². The minimum Gasteiger partial charge on any atom is -0.473 e. The highest BCUT2D eigenvalue weighted by Crippen LogP contribution is 2.22. The number of nitrogens with zero attached hydrogens (tertiary/aromatic N) is 1. The maximum absolute atomic E-state index is 13.6. The van der Waals surface area contributed by atoms with Crippen LogP contribution in [0.4, 0.5) is 4.39 Å². The Labute approximate surface area is 94.8 Å². The Morgan fingerprint density at radius 3 is 2.62 bits per heavy atom. The number of ether oxygens (including phenoxy) is 1. The van der Waals surface area contributed by atoms with Gasteiger partial charge in [0.2, 0.25) is 0 Å². The van der Waals surface area contributed by atoms with Crippen molar-refractivity contribution >= 4 is 0 Å². The number of hydrogen-bond donors (Lipinski definition) is 1. The summed E-state index contributed by atoms with van der Waals surface area (Å²) < 4.78 is 18.7. The molecular weight excluding hydrogens is 207 g/mol. The lowest BCUT2D eigenvalue weighted by Crippen LogP contribution is -2.13. The summed E-state index contributed by atoms with van der Waals surface area (Å²) in [5.41, 5.74) is 0.844. The molecule has 0 fully saturated rings. The van der Waals surface area contributed by atoms with Gasteiger partial charge in [0.1, 0.15) is 6.07 Å². The fourth-order valence-electron chi connectivity index (χ4n) is 1.27. The first-order chi connectivity index (χ1) is 7.58. The topological polar surface area (TPSA) is 45.0 Å². The first-order valence-electron chi connectivity index (χ1n) is 5.11. The van der Waals surface area contributed by atoms with Crippen molar-refractivity contribution in [3.8, 4) is 11.8 Å². The molecule has 4 heteroatoms. The molecule has 1 aromatic carbocycles. The third-order valence-corrected chi connectivity index (χ3v) is 2.37. The van der Waals surface area contributed by atoms with Gasteiger partial charge in [0.05, 0.1) is 0 Å². The van der Waals surface area contributed by atoms with Gasteiger partial charge in [0.25, 0.3) is 0 Å². The number of nitriles is 1. The highest BCUT2D eigenvalue weighted by molar-refractivity contribution is 5.31. The maximum Gasteiger partial charge on any atom is 0.181 e. The normalized spacial score (nSPS) is 13.9. The molecule has 1 N–H and O–H groups in total. The first-order valence-corrected chi connectivity index (χ1v) is 5.11. The minimum absolute atomic E-state index is 0.0805. The minimum atomic E-state index is -0.651. The zero-order chi connectivity index (χ0) is 12.1. The molecule has 0 spiro atoms. The lowest BCUT2D eigenvalue weighted by molar-refractivity contribution is 0.263. The van der Waals surface area contributed by atoms with Crippen molar-refractivity contribution in [1.82, 2.24) is 5.32 Å². The molecular formula is C12H15FN2O. The summed E-state index contributed by atoms with van der Waals surface area (Å²) >= 11 is 0. The van der Waals surface area contributed by atoms with Crippen LogP contribution in [0.15, 0.2) is 18.2 Å². The smallest absolute Gasteiger partial charge is 0.181 e. The summed E-state index contributed by atoms with van der Waals surface area (Å²) in [6.45, 7) is 3.51. The van der Waals surface area contributed by atoms with E-state index in [1.54, 1.807) is 19.1 Å². The average molecular weight is 222 g/mol. The van der Waals surface area contributed by atoms with Crippen LogP contribution in [-0.2, 0) is 0 Å². The Balaban J connectivity index is 2.88. The monoisotopic (exact) mass is 222 g/mol. The van der Waals surface area contributed by atoms with E-state index in [1.807, 2.05) is 20.0 Å². The maximum atomic E-state index is 13.6. The summed E-state index contributed by atoms with van der Waals surface area (Å²) in [6, 6.07) is 6.72. The van der Waals surface area contributed by atoms with E-state index in [9.17, 15) is 4.39 Å². The van der Waals surface area contributed by atoms with Gasteiger partial charge in [0.15, 0.2) is 17.7 Å². The van der Waals surface area contributed by atoms with Gasteiger partial charge in [0, 0.05) is 6.04 Å². The van der Waals surface area contributed by atoms with Crippen LogP contribution >= 0.6 is 0 Å². The summed E-state index contributed by atoms with van der Waals surface area (Å²) in [4.78, 5) is 0. The van der Waals surface area contributed by atoms with Gasteiger partial charge in [-0.05, 0) is 38.6 Å². The van der Waals surface area contributed by atoms with E-state index in [4.69, 9.17) is 10.00 Å². The molecule has 0 aliphatic carbocycles. The van der Waals surface area contributed by atoms with Crippen molar-refractivity contribution in [2.75, 3.05) is 7.05 Å². The van der Waals surface area contributed by atoms with Crippen molar-refractivity contribution in [3.63, 3.8) is 0 Å². The molecule has 0 aliphatic heterocycles. The van der Waals surface area contributed by atoms with Crippen LogP contribution in [0.25, 0.3) is 0 Å². The summed E-state index contributed by atoms with van der Waals surface area (Å²) in [5, 5.41) is 11.6. The molecule has 0 amide bonds. The quantitative estimate of drug-likeness (QED) is 0.850. The van der Waals surface area contributed by atoms with Gasteiger partial charge in [-0.15, -0.1) is 0 Å². The van der Waals surface area contributed by atoms with E-state index in [1.165, 1.54) is 6.07 Å². The molecule has 0 saturated heterocycles. The lowest BCUT2D eigenvalue weighted by Gasteiger charge is -2.13. The van der Waals surface area contributed by atoms with Crippen molar-refractivity contribution in [3.05, 3.63) is 29.6 Å². The largest absolute Gasteiger partial charge is 0.473 e. The number of hydrogen-bond acceptors (Lipinski definition) is 3. The molecule has 0 heterocycles. The van der Waals surface area contributed by atoms with Crippen molar-refractivity contribution < 1.29 is 9.13 Å². The Kier molecular flexibility index (Phi) is 4.27. The van der Waals surface area contributed by atoms with E-state index in [2.05, 4.69) is 5.32 Å². The Bertz CT molecular complexity index is 400. The van der Waals surface area contributed by atoms with Gasteiger partial charge in [-0.2, -0.15) is 5.26 Å². The van der Waals surface area contributed by atoms with Crippen molar-refractivity contribution in [2.24, 2.45) is 0 Å². The Morgan fingerprint density at radius 1 is 1.44 bits per heavy atom. The van der Waals surface area contributed by atoms with Crippen LogP contribution in [0, 0.1) is 17.1 Å². The van der Waals surface area contributed by atoms with Crippen LogP contribution < -0.4 is 10.1 Å². The molecule has 16 heavy (non-hydrogen) atoms. The van der Waals surface area contributed by atoms with E-state index in [0.29, 0.717) is 0 Å². The Morgan fingerprint density at radius 2 is 2.12 bits per heavy atom. The number of halogens is 1. The zero-order valence-electron chi connectivity index (χ0n) is 9.62. The third-order valence-electron chi connectivity index (χ3n) is 2.37. The van der Waals surface area contributed by atoms with E-state index in [0.717, 1.165) is 5.56 Å². The van der Waals surface area contributed by atoms with E-state index < -0.39 is 11.9 Å². The van der Waals surface area contributed by atoms with Crippen molar-refractivity contribution in [1.29, 1.82) is 5.26 Å². The highest BCUT2D eigenvalue weighted by atomic mass is 19.1. The van der Waals surface area contributed by atoms with Crippen LogP contribution in [-0.4, -0.2) is 13.2 Å². The SMILES string of the molecule is CNC(C)c1ccc(OC(C)C#N)c(F)c1. The van der Waals surface area contributed by atoms with E-state index in [-0.39, 0.29) is 11.8 Å². The number of nitrogens with one attached hydrogen (secondary N) is 1. The van der Waals surface area contributed by atoms with Crippen LogP contribution in [0.5, 0.6) is 5.75 Å². The van der Waals surface area contributed by atoms with Crippen LogP contribution in [0.2, 0.25) is 0 Å². The van der Waals surface area contributed by atoms with Crippen molar-refractivity contribution in [2.45, 2.75) is 26.0 Å². The van der Waals surface area contributed by atoms with Crippen LogP contribution in [0.3, 0.4) is 0 Å². The molecule has 0 saturated carbocycles. The second kappa shape index (κ2) is 5.47. The predicted molar refractivity (Wildman–Crippen MR) is 59.6 cm³/mol. The predicted octanol–water partition coefficient (Wildman–Crippen LogP) is 2.40. The van der Waals surface area contributed by atoms with Crippen LogP contribution in [0.1, 0.15) is 25.5 Å². The molecule has 0 aliphatic rings. The highest BCUT2D eigenvalue weighted by Gasteiger charge is 2.10. The lowest BCUT2D eigenvalue weighted by atomic mass is 10.1. The molecule has 2 atom stereocenters. The second-order valence-corrected chi connectivity index (χ2v) is 3.59. The average Bonchev–Trinajstić information content (AvgIpc) is 2.30. The van der Waals surface area contributed by atoms with E-state index >= 15 is 0 Å². The fourth-order valence-corrected chi connectivity index (χ4v) is 1.27. The standard InChI is InChI=1S/C12H15FN2O/c1-8(7-14)16-12-5-4-10(6-11(12)13)9(2)15-3/h4-6,8-9,15H,1-3H3. The number of benzene rings is 1. The fraction of sp³-hybridized carbons (Fsp3) is 0.417. The molecule has 86 valence electrons. The second-order valence-electron chi connectivity index (χ2n) is 3.59. The molecule has 1 rings (SSSR count). The molecule has 0 radical (unpaired) electrons. The molecule has 0 aromatic heterocycles. The van der Waals surface area contributed by atoms with Gasteiger partial charge in [-0.1, -0.05) is 6.07 Å². The first kappa shape index (κ1) is 12.5. The van der Waals surface area contributed by atoms with Gasteiger partial charge < -0.3 is 10.1 Å². The third kappa shape index (κ3) is 2.94. The molecule has 1 aromatic rings. The zero-order valence-corrected chi connectivity index (χ0v) is 9.62. The summed E-state index contributed by atoms with van der Waals surface area (Å²) in [6.07, 6.45) is -0.651. The van der Waals surface area contributed by atoms with Gasteiger partial charge in [-0.3, -0.25) is 0 Å². The van der Waals surface area contributed by atoms with Gasteiger partial charge in [-0.25, -0.2) is 4.39 Å². The number of rotatable bonds is 4.